The number of anilines is 1. The van der Waals surface area contributed by atoms with Gasteiger partial charge in [-0.2, -0.15) is 0 Å². The van der Waals surface area contributed by atoms with Crippen LogP contribution in [0.2, 0.25) is 0 Å². The zero-order chi connectivity index (χ0) is 11.1. The predicted molar refractivity (Wildman–Crippen MR) is 67.2 cm³/mol. The summed E-state index contributed by atoms with van der Waals surface area (Å²) in [6.07, 6.45) is 1.91. The average Bonchev–Trinajstić information content (AvgIpc) is 2.25. The molecule has 0 unspecified atom stereocenters. The molecule has 3 nitrogen and oxygen atoms in total. The first-order valence-corrected chi connectivity index (χ1v) is 5.16. The Morgan fingerprint density at radius 1 is 1.27 bits per heavy atom. The first kappa shape index (κ1) is 11.7. The number of hydrogen-bond donors (Lipinski definition) is 1. The fourth-order valence-electron chi connectivity index (χ4n) is 1.20. The van der Waals surface area contributed by atoms with Crippen LogP contribution in [0, 0.1) is 0 Å². The topological polar surface area (TPSA) is 27.6 Å². The van der Waals surface area contributed by atoms with E-state index in [2.05, 4.69) is 39.5 Å². The number of likely N-dealkylation sites (N-methyl/N-ethyl adjacent to an activating group) is 1. The van der Waals surface area contributed by atoms with Crippen LogP contribution in [0.4, 0.5) is 5.69 Å². The van der Waals surface area contributed by atoms with Gasteiger partial charge in [-0.05, 0) is 24.7 Å². The van der Waals surface area contributed by atoms with Crippen molar-refractivity contribution in [2.45, 2.75) is 0 Å². The molecule has 0 spiro atoms. The molecule has 0 aliphatic heterocycles. The Bertz CT molecular complexity index is 301. The molecule has 82 valence electrons. The summed E-state index contributed by atoms with van der Waals surface area (Å²) >= 11 is 0. The maximum absolute atomic E-state index is 4.30. The summed E-state index contributed by atoms with van der Waals surface area (Å²) in [6, 6.07) is 8.36. The molecular weight excluding hydrogens is 186 g/mol. The van der Waals surface area contributed by atoms with Crippen molar-refractivity contribution in [1.29, 1.82) is 0 Å². The minimum atomic E-state index is 0.825. The van der Waals surface area contributed by atoms with Crippen molar-refractivity contribution in [2.24, 2.45) is 4.99 Å². The maximum atomic E-state index is 4.30. The lowest BCUT2D eigenvalue weighted by atomic mass is 10.2. The molecule has 0 aliphatic carbocycles. The summed E-state index contributed by atoms with van der Waals surface area (Å²) in [5.41, 5.74) is 2.36. The van der Waals surface area contributed by atoms with E-state index in [9.17, 15) is 0 Å². The molecule has 0 amide bonds. The molecule has 0 saturated heterocycles. The Morgan fingerprint density at radius 3 is 2.47 bits per heavy atom. The zero-order valence-corrected chi connectivity index (χ0v) is 9.70. The molecule has 0 saturated carbocycles. The SMILES string of the molecule is CNCCN=Cc1ccc(N(C)C)cc1. The van der Waals surface area contributed by atoms with Gasteiger partial charge >= 0.3 is 0 Å². The lowest BCUT2D eigenvalue weighted by Crippen LogP contribution is -2.10. The van der Waals surface area contributed by atoms with E-state index in [1.165, 1.54) is 5.69 Å². The summed E-state index contributed by atoms with van der Waals surface area (Å²) in [4.78, 5) is 6.39. The molecule has 3 heteroatoms. The van der Waals surface area contributed by atoms with Crippen molar-refractivity contribution < 1.29 is 0 Å². The molecule has 0 bridgehead atoms. The predicted octanol–water partition coefficient (Wildman–Crippen LogP) is 1.39. The summed E-state index contributed by atoms with van der Waals surface area (Å²) in [5.74, 6) is 0. The van der Waals surface area contributed by atoms with Crippen molar-refractivity contribution in [3.8, 4) is 0 Å². The van der Waals surface area contributed by atoms with Gasteiger partial charge in [-0.15, -0.1) is 0 Å². The van der Waals surface area contributed by atoms with E-state index in [0.29, 0.717) is 0 Å². The van der Waals surface area contributed by atoms with Crippen molar-refractivity contribution in [3.05, 3.63) is 29.8 Å². The van der Waals surface area contributed by atoms with E-state index in [0.717, 1.165) is 18.7 Å². The van der Waals surface area contributed by atoms with Crippen LogP contribution >= 0.6 is 0 Å². The van der Waals surface area contributed by atoms with Gasteiger partial charge in [-0.1, -0.05) is 12.1 Å². The van der Waals surface area contributed by atoms with Crippen LogP contribution in [0.15, 0.2) is 29.3 Å². The Hall–Kier alpha value is -1.35. The second-order valence-corrected chi connectivity index (χ2v) is 3.62. The first-order chi connectivity index (χ1) is 7.24. The van der Waals surface area contributed by atoms with Gasteiger partial charge in [0.15, 0.2) is 0 Å². The van der Waals surface area contributed by atoms with Gasteiger partial charge in [0.1, 0.15) is 0 Å². The standard InChI is InChI=1S/C12H19N3/c1-13-8-9-14-10-11-4-6-12(7-5-11)15(2)3/h4-7,10,13H,8-9H2,1-3H3. The smallest absolute Gasteiger partial charge is 0.0514 e. The highest BCUT2D eigenvalue weighted by Gasteiger charge is 1.93. The van der Waals surface area contributed by atoms with Gasteiger partial charge in [-0.25, -0.2) is 0 Å². The fourth-order valence-corrected chi connectivity index (χ4v) is 1.20. The molecule has 0 aromatic heterocycles. The van der Waals surface area contributed by atoms with Crippen molar-refractivity contribution in [2.75, 3.05) is 39.1 Å². The lowest BCUT2D eigenvalue weighted by Gasteiger charge is -2.11. The second kappa shape index (κ2) is 6.19. The quantitative estimate of drug-likeness (QED) is 0.581. The maximum Gasteiger partial charge on any atom is 0.0514 e. The molecule has 15 heavy (non-hydrogen) atoms. The highest BCUT2D eigenvalue weighted by molar-refractivity contribution is 5.80. The number of rotatable bonds is 5. The van der Waals surface area contributed by atoms with E-state index >= 15 is 0 Å². The third-order valence-corrected chi connectivity index (χ3v) is 2.14. The van der Waals surface area contributed by atoms with Crippen LogP contribution in [0.25, 0.3) is 0 Å². The fraction of sp³-hybridized carbons (Fsp3) is 0.417. The van der Waals surface area contributed by atoms with Gasteiger partial charge < -0.3 is 10.2 Å². The van der Waals surface area contributed by atoms with Crippen LogP contribution < -0.4 is 10.2 Å². The molecule has 0 atom stereocenters. The largest absolute Gasteiger partial charge is 0.378 e. The average molecular weight is 205 g/mol. The minimum Gasteiger partial charge on any atom is -0.378 e. The third kappa shape index (κ3) is 4.13. The van der Waals surface area contributed by atoms with E-state index < -0.39 is 0 Å². The molecule has 0 heterocycles. The number of benzene rings is 1. The Morgan fingerprint density at radius 2 is 1.93 bits per heavy atom. The summed E-state index contributed by atoms with van der Waals surface area (Å²) < 4.78 is 0. The van der Waals surface area contributed by atoms with Crippen LogP contribution in [0.3, 0.4) is 0 Å². The van der Waals surface area contributed by atoms with Gasteiger partial charge in [0.25, 0.3) is 0 Å². The van der Waals surface area contributed by atoms with E-state index in [-0.39, 0.29) is 0 Å². The van der Waals surface area contributed by atoms with E-state index in [1.54, 1.807) is 0 Å². The van der Waals surface area contributed by atoms with E-state index in [1.807, 2.05) is 27.4 Å². The van der Waals surface area contributed by atoms with Gasteiger partial charge in [-0.3, -0.25) is 4.99 Å². The molecule has 1 rings (SSSR count). The molecule has 0 radical (unpaired) electrons. The van der Waals surface area contributed by atoms with Gasteiger partial charge in [0, 0.05) is 32.5 Å². The van der Waals surface area contributed by atoms with Crippen LogP contribution in [0.1, 0.15) is 5.56 Å². The molecular formula is C12H19N3. The van der Waals surface area contributed by atoms with Crippen LogP contribution in [-0.2, 0) is 0 Å². The molecule has 0 fully saturated rings. The Kier molecular flexibility index (Phi) is 4.84. The summed E-state index contributed by atoms with van der Waals surface area (Å²) in [6.45, 7) is 1.75. The number of nitrogens with zero attached hydrogens (tertiary/aromatic N) is 2. The second-order valence-electron chi connectivity index (χ2n) is 3.62. The number of hydrogen-bond acceptors (Lipinski definition) is 3. The number of nitrogens with one attached hydrogen (secondary N) is 1. The van der Waals surface area contributed by atoms with E-state index in [4.69, 9.17) is 0 Å². The van der Waals surface area contributed by atoms with Crippen LogP contribution in [-0.4, -0.2) is 40.4 Å². The normalized spacial score (nSPS) is 10.9. The first-order valence-electron chi connectivity index (χ1n) is 5.16. The molecule has 1 aromatic rings. The van der Waals surface area contributed by atoms with Crippen molar-refractivity contribution in [1.82, 2.24) is 5.32 Å². The van der Waals surface area contributed by atoms with Gasteiger partial charge in [0.2, 0.25) is 0 Å². The monoisotopic (exact) mass is 205 g/mol. The van der Waals surface area contributed by atoms with Crippen LogP contribution in [0.5, 0.6) is 0 Å². The molecule has 1 aromatic carbocycles. The zero-order valence-electron chi connectivity index (χ0n) is 9.70. The van der Waals surface area contributed by atoms with Crippen molar-refractivity contribution in [3.63, 3.8) is 0 Å². The summed E-state index contributed by atoms with van der Waals surface area (Å²) in [5, 5.41) is 3.06. The Labute approximate surface area is 91.8 Å². The highest BCUT2D eigenvalue weighted by atomic mass is 15.1. The minimum absolute atomic E-state index is 0.825. The molecule has 0 aliphatic rings. The molecule has 1 N–H and O–H groups in total. The third-order valence-electron chi connectivity index (χ3n) is 2.14. The summed E-state index contributed by atoms with van der Waals surface area (Å²) in [7, 11) is 6.01. The van der Waals surface area contributed by atoms with Crippen molar-refractivity contribution >= 4 is 11.9 Å². The number of aliphatic imine (C=N–C) groups is 1. The highest BCUT2D eigenvalue weighted by Crippen LogP contribution is 2.10. The Balaban J connectivity index is 2.53. The lowest BCUT2D eigenvalue weighted by molar-refractivity contribution is 0.804. The van der Waals surface area contributed by atoms with Gasteiger partial charge in [0.05, 0.1) is 6.54 Å².